The molecule has 1 aromatic carbocycles. The number of carboxylic acid groups (broad SMARTS) is 1. The number of esters is 1. The molecule has 0 bridgehead atoms. The van der Waals surface area contributed by atoms with Crippen LogP contribution in [0.15, 0.2) is 29.4 Å². The standard InChI is InChI=1S/C21H24N6O7S2/c1-3-34-18(31)12-4-6-13(7-5-12)27(14(29)8-28)15-16(30)26-9-21(19(32)33,10-35-17(15)26)11-36-20-22-23-24-25(20)2/h4-7,15,17,28H,3,8-11H2,1-2H3,(H,32,33)/t15?,17-,21?/m1/s1. The van der Waals surface area contributed by atoms with E-state index in [1.54, 1.807) is 14.0 Å². The Labute approximate surface area is 214 Å². The number of aryl methyl sites for hydroxylation is 1. The van der Waals surface area contributed by atoms with Crippen LogP contribution in [0.4, 0.5) is 5.69 Å². The molecule has 0 aliphatic carbocycles. The first-order chi connectivity index (χ1) is 17.2. The van der Waals surface area contributed by atoms with Crippen molar-refractivity contribution in [2.45, 2.75) is 23.5 Å². The van der Waals surface area contributed by atoms with Gasteiger partial charge in [-0.05, 0) is 41.6 Å². The number of thioether (sulfide) groups is 2. The number of aromatic nitrogens is 4. The molecule has 2 N–H and O–H groups in total. The average molecular weight is 537 g/mol. The van der Waals surface area contributed by atoms with Gasteiger partial charge in [-0.15, -0.1) is 16.9 Å². The molecule has 0 spiro atoms. The number of hydrogen-bond acceptors (Lipinski definition) is 11. The van der Waals surface area contributed by atoms with Gasteiger partial charge in [-0.2, -0.15) is 0 Å². The Kier molecular flexibility index (Phi) is 7.51. The largest absolute Gasteiger partial charge is 0.481 e. The quantitative estimate of drug-likeness (QED) is 0.248. The normalized spacial score (nSPS) is 23.0. The second kappa shape index (κ2) is 10.4. The molecule has 0 radical (unpaired) electrons. The summed E-state index contributed by atoms with van der Waals surface area (Å²) in [7, 11) is 1.65. The molecule has 2 aliphatic rings. The van der Waals surface area contributed by atoms with Crippen LogP contribution < -0.4 is 4.90 Å². The van der Waals surface area contributed by atoms with Crippen molar-refractivity contribution in [3.63, 3.8) is 0 Å². The third-order valence-electron chi connectivity index (χ3n) is 5.97. The minimum absolute atomic E-state index is 0.0312. The fourth-order valence-electron chi connectivity index (χ4n) is 4.04. The van der Waals surface area contributed by atoms with Crippen LogP contribution >= 0.6 is 23.5 Å². The van der Waals surface area contributed by atoms with Crippen molar-refractivity contribution in [3.05, 3.63) is 29.8 Å². The number of ether oxygens (including phenoxy) is 1. The summed E-state index contributed by atoms with van der Waals surface area (Å²) in [5.74, 6) is -2.30. The van der Waals surface area contributed by atoms with Gasteiger partial charge in [-0.1, -0.05) is 11.8 Å². The van der Waals surface area contributed by atoms with Gasteiger partial charge in [0, 0.05) is 30.8 Å². The minimum Gasteiger partial charge on any atom is -0.481 e. The monoisotopic (exact) mass is 536 g/mol. The summed E-state index contributed by atoms with van der Waals surface area (Å²) in [6.45, 7) is 1.06. The number of amides is 2. The van der Waals surface area contributed by atoms with Gasteiger partial charge < -0.3 is 19.8 Å². The van der Waals surface area contributed by atoms with E-state index < -0.39 is 47.2 Å². The Morgan fingerprint density at radius 2 is 2.03 bits per heavy atom. The topological polar surface area (TPSA) is 168 Å². The molecule has 2 fully saturated rings. The van der Waals surface area contributed by atoms with Crippen LogP contribution in [0.3, 0.4) is 0 Å². The molecule has 13 nitrogen and oxygen atoms in total. The van der Waals surface area contributed by atoms with Crippen molar-refractivity contribution in [1.29, 1.82) is 0 Å². The molecule has 2 aromatic rings. The second-order valence-corrected chi connectivity index (χ2v) is 10.3. The summed E-state index contributed by atoms with van der Waals surface area (Å²) >= 11 is 2.46. The number of benzene rings is 1. The highest BCUT2D eigenvalue weighted by Gasteiger charge is 2.59. The highest BCUT2D eigenvalue weighted by Crippen LogP contribution is 2.46. The lowest BCUT2D eigenvalue weighted by atomic mass is 9.89. The number of rotatable bonds is 9. The highest BCUT2D eigenvalue weighted by molar-refractivity contribution is 8.00. The molecule has 4 rings (SSSR count). The van der Waals surface area contributed by atoms with E-state index in [2.05, 4.69) is 15.5 Å². The number of aliphatic hydroxyl groups excluding tert-OH is 1. The number of carboxylic acids is 1. The van der Waals surface area contributed by atoms with Crippen LogP contribution in [0.2, 0.25) is 0 Å². The Balaban J connectivity index is 1.52. The van der Waals surface area contributed by atoms with Crippen LogP contribution in [0.5, 0.6) is 0 Å². The third kappa shape index (κ3) is 4.65. The minimum atomic E-state index is -1.23. The summed E-state index contributed by atoms with van der Waals surface area (Å²) < 4.78 is 6.41. The molecule has 1 aromatic heterocycles. The van der Waals surface area contributed by atoms with E-state index in [9.17, 15) is 29.4 Å². The van der Waals surface area contributed by atoms with Gasteiger partial charge in [0.25, 0.3) is 5.91 Å². The molecule has 192 valence electrons. The third-order valence-corrected chi connectivity index (χ3v) is 8.84. The molecule has 2 aliphatic heterocycles. The summed E-state index contributed by atoms with van der Waals surface area (Å²) in [6.07, 6.45) is 0. The van der Waals surface area contributed by atoms with Crippen molar-refractivity contribution in [2.75, 3.05) is 36.2 Å². The Morgan fingerprint density at radius 1 is 1.31 bits per heavy atom. The predicted molar refractivity (Wildman–Crippen MR) is 128 cm³/mol. The van der Waals surface area contributed by atoms with E-state index >= 15 is 0 Å². The Hall–Kier alpha value is -3.17. The summed E-state index contributed by atoms with van der Waals surface area (Å²) in [6, 6.07) is 5.07. The van der Waals surface area contributed by atoms with Gasteiger partial charge in [0.15, 0.2) is 0 Å². The molecule has 3 atom stereocenters. The van der Waals surface area contributed by atoms with Gasteiger partial charge >= 0.3 is 11.9 Å². The maximum absolute atomic E-state index is 13.2. The van der Waals surface area contributed by atoms with Crippen molar-refractivity contribution in [3.8, 4) is 0 Å². The van der Waals surface area contributed by atoms with Gasteiger partial charge in [0.05, 0.1) is 12.2 Å². The molecule has 36 heavy (non-hydrogen) atoms. The van der Waals surface area contributed by atoms with E-state index in [0.717, 1.165) is 0 Å². The zero-order valence-electron chi connectivity index (χ0n) is 19.4. The summed E-state index contributed by atoms with van der Waals surface area (Å²) in [5, 5.41) is 30.7. The number of β-lactam (4-membered cyclic amide) rings is 1. The number of aliphatic carboxylic acids is 1. The number of anilines is 1. The predicted octanol–water partition coefficient (Wildman–Crippen LogP) is -0.141. The first kappa shape index (κ1) is 25.9. The van der Waals surface area contributed by atoms with Crippen LogP contribution in [0, 0.1) is 5.41 Å². The number of nitrogens with zero attached hydrogens (tertiary/aromatic N) is 6. The van der Waals surface area contributed by atoms with Crippen molar-refractivity contribution < 1.29 is 34.1 Å². The van der Waals surface area contributed by atoms with Crippen molar-refractivity contribution in [2.24, 2.45) is 12.5 Å². The number of aliphatic hydroxyl groups is 1. The highest BCUT2D eigenvalue weighted by atomic mass is 32.2. The van der Waals surface area contributed by atoms with Crippen LogP contribution in [-0.4, -0.2) is 102 Å². The fraction of sp³-hybridized carbons (Fsp3) is 0.476. The van der Waals surface area contributed by atoms with Gasteiger partial charge in [-0.3, -0.25) is 19.3 Å². The van der Waals surface area contributed by atoms with Crippen LogP contribution in [-0.2, 0) is 26.2 Å². The molecule has 3 heterocycles. The fourth-order valence-corrected chi connectivity index (χ4v) is 6.80. The lowest BCUT2D eigenvalue weighted by Gasteiger charge is -2.56. The van der Waals surface area contributed by atoms with E-state index in [1.807, 2.05) is 0 Å². The average Bonchev–Trinajstić information content (AvgIpc) is 3.30. The lowest BCUT2D eigenvalue weighted by molar-refractivity contribution is -0.156. The van der Waals surface area contributed by atoms with Gasteiger partial charge in [0.1, 0.15) is 23.4 Å². The number of carbonyl (C=O) groups excluding carboxylic acids is 3. The smallest absolute Gasteiger partial charge is 0.338 e. The van der Waals surface area contributed by atoms with Gasteiger partial charge in [0.2, 0.25) is 11.1 Å². The SMILES string of the molecule is CCOC(=O)c1ccc(N(C(=O)CO)C2C(=O)N3CC(CSc4nnnn4C)(C(=O)O)CS[C@H]23)cc1. The molecule has 15 heteroatoms. The molecular formula is C21H24N6O7S2. The molecule has 2 unspecified atom stereocenters. The molecular weight excluding hydrogens is 512 g/mol. The summed E-state index contributed by atoms with van der Waals surface area (Å²) in [5.41, 5.74) is -0.612. The maximum atomic E-state index is 13.2. The van der Waals surface area contributed by atoms with Crippen LogP contribution in [0.25, 0.3) is 0 Å². The molecule has 2 saturated heterocycles. The first-order valence-corrected chi connectivity index (χ1v) is 13.0. The lowest BCUT2D eigenvalue weighted by Crippen LogP contribution is -2.75. The molecule has 0 saturated carbocycles. The maximum Gasteiger partial charge on any atom is 0.338 e. The zero-order chi connectivity index (χ0) is 26.0. The van der Waals surface area contributed by atoms with E-state index in [-0.39, 0.29) is 30.2 Å². The first-order valence-electron chi connectivity index (χ1n) is 10.9. The van der Waals surface area contributed by atoms with Gasteiger partial charge in [-0.25, -0.2) is 9.48 Å². The zero-order valence-corrected chi connectivity index (χ0v) is 21.1. The number of fused-ring (bicyclic) bond motifs is 1. The number of tetrazole rings is 1. The Bertz CT molecular complexity index is 1180. The second-order valence-electron chi connectivity index (χ2n) is 8.26. The Morgan fingerprint density at radius 3 is 2.61 bits per heavy atom. The van der Waals surface area contributed by atoms with Crippen LogP contribution in [0.1, 0.15) is 17.3 Å². The molecule has 2 amide bonds. The van der Waals surface area contributed by atoms with Crippen molar-refractivity contribution in [1.82, 2.24) is 25.1 Å². The van der Waals surface area contributed by atoms with Crippen molar-refractivity contribution >= 4 is 53.0 Å². The van der Waals surface area contributed by atoms with E-state index in [0.29, 0.717) is 10.8 Å². The van der Waals surface area contributed by atoms with E-state index in [1.165, 1.54) is 62.3 Å². The number of carbonyl (C=O) groups is 4. The number of hydrogen-bond donors (Lipinski definition) is 2. The van der Waals surface area contributed by atoms with E-state index in [4.69, 9.17) is 4.74 Å². The summed E-state index contributed by atoms with van der Waals surface area (Å²) in [4.78, 5) is 52.8.